The highest BCUT2D eigenvalue weighted by molar-refractivity contribution is 9.10. The molecule has 1 fully saturated rings. The fourth-order valence-corrected chi connectivity index (χ4v) is 3.85. The quantitative estimate of drug-likeness (QED) is 0.292. The molecule has 1 heterocycles. The number of benzene rings is 1. The number of carbonyl (C=O) groups excluding carboxylic acids is 3. The summed E-state index contributed by atoms with van der Waals surface area (Å²) < 4.78 is 16.8. The molecule has 1 aliphatic rings. The zero-order chi connectivity index (χ0) is 21.6. The van der Waals surface area contributed by atoms with Gasteiger partial charge >= 0.3 is 5.97 Å². The van der Waals surface area contributed by atoms with E-state index in [9.17, 15) is 14.4 Å². The maximum absolute atomic E-state index is 12.7. The number of thioether (sulfide) groups is 1. The highest BCUT2D eigenvalue weighted by Gasteiger charge is 2.41. The summed E-state index contributed by atoms with van der Waals surface area (Å²) in [5.74, 6) is -0.139. The Bertz CT molecular complexity index is 854. The molecule has 2 rings (SSSR count). The lowest BCUT2D eigenvalue weighted by Gasteiger charge is -2.19. The molecule has 1 saturated heterocycles. The third-order valence-electron chi connectivity index (χ3n) is 3.84. The predicted molar refractivity (Wildman–Crippen MR) is 115 cm³/mol. The predicted octanol–water partition coefficient (Wildman–Crippen LogP) is 4.40. The Morgan fingerprint density at radius 2 is 1.93 bits per heavy atom. The van der Waals surface area contributed by atoms with Gasteiger partial charge in [0.05, 0.1) is 18.1 Å². The maximum atomic E-state index is 12.7. The lowest BCUT2D eigenvalue weighted by atomic mass is 10.1. The number of amides is 2. The van der Waals surface area contributed by atoms with Crippen LogP contribution >= 0.6 is 27.7 Å². The first-order valence-electron chi connectivity index (χ1n) is 8.97. The standard InChI is InChI=1S/C20H22BrNO6S/c1-5-8-28-16-11-14(21)13(9-15(16)26-6-2)10-17-18(23)22(20(25)29-17)12(4)19(24)27-7-3/h5,9-12H,1,6-8H2,2-4H3/b17-10-/t12-/m1/s1. The molecule has 1 atom stereocenters. The maximum Gasteiger partial charge on any atom is 0.329 e. The average molecular weight is 484 g/mol. The normalized spacial score (nSPS) is 16.1. The summed E-state index contributed by atoms with van der Waals surface area (Å²) in [6.07, 6.45) is 3.20. The minimum Gasteiger partial charge on any atom is -0.490 e. The second-order valence-electron chi connectivity index (χ2n) is 5.83. The van der Waals surface area contributed by atoms with Crippen LogP contribution in [-0.4, -0.2) is 47.9 Å². The number of esters is 1. The van der Waals surface area contributed by atoms with Crippen molar-refractivity contribution in [3.8, 4) is 11.5 Å². The third kappa shape index (κ3) is 5.42. The molecule has 0 bridgehead atoms. The van der Waals surface area contributed by atoms with Crippen LogP contribution < -0.4 is 9.47 Å². The number of carbonyl (C=O) groups is 3. The van der Waals surface area contributed by atoms with Gasteiger partial charge in [0.1, 0.15) is 12.6 Å². The molecule has 2 amide bonds. The number of hydrogen-bond acceptors (Lipinski definition) is 7. The van der Waals surface area contributed by atoms with Gasteiger partial charge in [0.2, 0.25) is 0 Å². The Labute approximate surface area is 182 Å². The van der Waals surface area contributed by atoms with Crippen LogP contribution in [0, 0.1) is 0 Å². The van der Waals surface area contributed by atoms with E-state index in [1.54, 1.807) is 31.2 Å². The highest BCUT2D eigenvalue weighted by atomic mass is 79.9. The molecule has 7 nitrogen and oxygen atoms in total. The molecular weight excluding hydrogens is 462 g/mol. The summed E-state index contributed by atoms with van der Waals surface area (Å²) in [6, 6.07) is 2.45. The van der Waals surface area contributed by atoms with Crippen molar-refractivity contribution in [1.29, 1.82) is 0 Å². The van der Waals surface area contributed by atoms with Crippen LogP contribution in [0.15, 0.2) is 34.2 Å². The van der Waals surface area contributed by atoms with Crippen LogP contribution in [0.4, 0.5) is 4.79 Å². The van der Waals surface area contributed by atoms with Gasteiger partial charge in [-0.1, -0.05) is 28.6 Å². The van der Waals surface area contributed by atoms with Crippen molar-refractivity contribution >= 4 is 50.9 Å². The SMILES string of the molecule is C=CCOc1cc(Br)c(/C=C2\SC(=O)N([C@H](C)C(=O)OCC)C2=O)cc1OCC. The van der Waals surface area contributed by atoms with E-state index >= 15 is 0 Å². The molecule has 0 aliphatic carbocycles. The number of nitrogens with zero attached hydrogens (tertiary/aromatic N) is 1. The van der Waals surface area contributed by atoms with Gasteiger partial charge < -0.3 is 14.2 Å². The van der Waals surface area contributed by atoms with E-state index in [1.165, 1.54) is 6.92 Å². The van der Waals surface area contributed by atoms with Crippen LogP contribution in [0.25, 0.3) is 6.08 Å². The van der Waals surface area contributed by atoms with E-state index in [1.807, 2.05) is 6.92 Å². The van der Waals surface area contributed by atoms with E-state index < -0.39 is 23.2 Å². The fourth-order valence-electron chi connectivity index (χ4n) is 2.51. The Hall–Kier alpha value is -2.26. The van der Waals surface area contributed by atoms with Gasteiger partial charge in [-0.2, -0.15) is 0 Å². The number of ether oxygens (including phenoxy) is 3. The highest BCUT2D eigenvalue weighted by Crippen LogP contribution is 2.38. The minimum absolute atomic E-state index is 0.169. The first kappa shape index (κ1) is 23.0. The van der Waals surface area contributed by atoms with Crippen molar-refractivity contribution in [1.82, 2.24) is 4.90 Å². The largest absolute Gasteiger partial charge is 0.490 e. The molecule has 9 heteroatoms. The van der Waals surface area contributed by atoms with Crippen LogP contribution in [-0.2, 0) is 14.3 Å². The topological polar surface area (TPSA) is 82.1 Å². The summed E-state index contributed by atoms with van der Waals surface area (Å²) >= 11 is 4.23. The number of rotatable bonds is 9. The molecule has 29 heavy (non-hydrogen) atoms. The summed E-state index contributed by atoms with van der Waals surface area (Å²) in [6.45, 7) is 9.51. The molecule has 0 aromatic heterocycles. The van der Waals surface area contributed by atoms with Gasteiger partial charge in [0.25, 0.3) is 11.1 Å². The number of halogens is 1. The summed E-state index contributed by atoms with van der Waals surface area (Å²) in [5.41, 5.74) is 0.633. The van der Waals surface area contributed by atoms with Gasteiger partial charge in [-0.05, 0) is 56.3 Å². The number of imide groups is 1. The monoisotopic (exact) mass is 483 g/mol. The first-order chi connectivity index (χ1) is 13.8. The lowest BCUT2D eigenvalue weighted by molar-refractivity contribution is -0.150. The lowest BCUT2D eigenvalue weighted by Crippen LogP contribution is -2.42. The second kappa shape index (κ2) is 10.5. The van der Waals surface area contributed by atoms with Crippen LogP contribution in [0.2, 0.25) is 0 Å². The Morgan fingerprint density at radius 1 is 1.24 bits per heavy atom. The van der Waals surface area contributed by atoms with Gasteiger partial charge in [0.15, 0.2) is 11.5 Å². The summed E-state index contributed by atoms with van der Waals surface area (Å²) in [4.78, 5) is 38.1. The Balaban J connectivity index is 2.34. The molecule has 1 aliphatic heterocycles. The van der Waals surface area contributed by atoms with Crippen molar-refractivity contribution in [2.45, 2.75) is 26.8 Å². The molecule has 0 saturated carbocycles. The molecule has 0 radical (unpaired) electrons. The third-order valence-corrected chi connectivity index (χ3v) is 5.42. The van der Waals surface area contributed by atoms with Crippen molar-refractivity contribution < 1.29 is 28.6 Å². The van der Waals surface area contributed by atoms with Gasteiger partial charge in [-0.15, -0.1) is 0 Å². The van der Waals surface area contributed by atoms with E-state index in [-0.39, 0.29) is 11.5 Å². The van der Waals surface area contributed by atoms with E-state index in [0.717, 1.165) is 16.7 Å². The van der Waals surface area contributed by atoms with Crippen LogP contribution in [0.1, 0.15) is 26.3 Å². The Kier molecular flexibility index (Phi) is 8.33. The Morgan fingerprint density at radius 3 is 2.55 bits per heavy atom. The zero-order valence-corrected chi connectivity index (χ0v) is 18.8. The van der Waals surface area contributed by atoms with Crippen molar-refractivity contribution in [3.63, 3.8) is 0 Å². The smallest absolute Gasteiger partial charge is 0.329 e. The molecule has 1 aromatic carbocycles. The minimum atomic E-state index is -0.995. The van der Waals surface area contributed by atoms with Gasteiger partial charge in [-0.25, -0.2) is 4.79 Å². The van der Waals surface area contributed by atoms with Crippen molar-refractivity contribution in [3.05, 3.63) is 39.7 Å². The molecule has 0 unspecified atom stereocenters. The van der Waals surface area contributed by atoms with E-state index in [0.29, 0.717) is 34.7 Å². The van der Waals surface area contributed by atoms with E-state index in [4.69, 9.17) is 14.2 Å². The van der Waals surface area contributed by atoms with Crippen LogP contribution in [0.5, 0.6) is 11.5 Å². The summed E-state index contributed by atoms with van der Waals surface area (Å²) in [7, 11) is 0. The summed E-state index contributed by atoms with van der Waals surface area (Å²) in [5, 5.41) is -0.520. The molecular formula is C20H22BrNO6S. The van der Waals surface area contributed by atoms with Gasteiger partial charge in [0, 0.05) is 4.47 Å². The van der Waals surface area contributed by atoms with Crippen molar-refractivity contribution in [2.24, 2.45) is 0 Å². The zero-order valence-electron chi connectivity index (χ0n) is 16.4. The average Bonchev–Trinajstić information content (AvgIpc) is 2.96. The van der Waals surface area contributed by atoms with Crippen molar-refractivity contribution in [2.75, 3.05) is 19.8 Å². The molecule has 1 aromatic rings. The molecule has 0 spiro atoms. The fraction of sp³-hybridized carbons (Fsp3) is 0.350. The van der Waals surface area contributed by atoms with E-state index in [2.05, 4.69) is 22.5 Å². The van der Waals surface area contributed by atoms with Gasteiger partial charge in [-0.3, -0.25) is 14.5 Å². The molecule has 156 valence electrons. The number of hydrogen-bond donors (Lipinski definition) is 0. The second-order valence-corrected chi connectivity index (χ2v) is 7.68. The van der Waals surface area contributed by atoms with Crippen LogP contribution in [0.3, 0.4) is 0 Å². The molecule has 0 N–H and O–H groups in total. The first-order valence-corrected chi connectivity index (χ1v) is 10.6.